The van der Waals surface area contributed by atoms with Crippen molar-refractivity contribution in [3.05, 3.63) is 18.1 Å². The molecule has 0 aliphatic rings. The van der Waals surface area contributed by atoms with E-state index >= 15 is 0 Å². The van der Waals surface area contributed by atoms with Crippen molar-refractivity contribution in [3.8, 4) is 5.88 Å². The molecule has 6 heteroatoms. The Kier molecular flexibility index (Phi) is 3.33. The number of nitrogens with zero attached hydrogens (tertiary/aromatic N) is 2. The van der Waals surface area contributed by atoms with Crippen LogP contribution in [0.5, 0.6) is 5.88 Å². The van der Waals surface area contributed by atoms with E-state index in [0.29, 0.717) is 11.0 Å². The van der Waals surface area contributed by atoms with Gasteiger partial charge in [-0.05, 0) is 0 Å². The van der Waals surface area contributed by atoms with E-state index in [1.54, 1.807) is 0 Å². The summed E-state index contributed by atoms with van der Waals surface area (Å²) in [5, 5.41) is 0.481. The minimum absolute atomic E-state index is 0.116. The zero-order valence-corrected chi connectivity index (χ0v) is 7.46. The molecule has 0 atom stereocenters. The third kappa shape index (κ3) is 2.69. The largest absolute Gasteiger partial charge is 0.417 e. The molecule has 0 N–H and O–H groups in total. The second kappa shape index (κ2) is 4.30. The van der Waals surface area contributed by atoms with Gasteiger partial charge in [0, 0.05) is 11.4 Å². The molecule has 1 aromatic rings. The second-order valence-electron chi connectivity index (χ2n) is 1.86. The van der Waals surface area contributed by atoms with Crippen LogP contribution in [0.3, 0.4) is 0 Å². The molecule has 1 heterocycles. The molecule has 0 unspecified atom stereocenters. The molecule has 0 spiro atoms. The fourth-order valence-corrected chi connectivity index (χ4v) is 0.912. The normalized spacial score (nSPS) is 10.3. The number of halogens is 3. The van der Waals surface area contributed by atoms with Gasteiger partial charge in [-0.15, -0.1) is 0 Å². The Morgan fingerprint density at radius 2 is 2.25 bits per heavy atom. The van der Waals surface area contributed by atoms with Crippen LogP contribution < -0.4 is 4.74 Å². The monoisotopic (exact) mass is 238 g/mol. The summed E-state index contributed by atoms with van der Waals surface area (Å²) in [4.78, 5) is 7.28. The van der Waals surface area contributed by atoms with Crippen LogP contribution in [-0.2, 0) is 5.33 Å². The summed E-state index contributed by atoms with van der Waals surface area (Å²) in [6.45, 7) is -2.84. The molecule has 0 amide bonds. The second-order valence-corrected chi connectivity index (χ2v) is 2.42. The molecule has 12 heavy (non-hydrogen) atoms. The highest BCUT2D eigenvalue weighted by molar-refractivity contribution is 9.08. The van der Waals surface area contributed by atoms with Crippen molar-refractivity contribution in [1.29, 1.82) is 0 Å². The van der Waals surface area contributed by atoms with Gasteiger partial charge in [-0.1, -0.05) is 15.9 Å². The van der Waals surface area contributed by atoms with Crippen LogP contribution in [0.1, 0.15) is 5.69 Å². The molecular weight excluding hydrogens is 234 g/mol. The van der Waals surface area contributed by atoms with Crippen LogP contribution >= 0.6 is 15.9 Å². The van der Waals surface area contributed by atoms with Gasteiger partial charge in [0.1, 0.15) is 6.33 Å². The summed E-state index contributed by atoms with van der Waals surface area (Å²) >= 11 is 3.12. The number of ether oxygens (including phenoxy) is 1. The van der Waals surface area contributed by atoms with Crippen molar-refractivity contribution in [1.82, 2.24) is 9.97 Å². The topological polar surface area (TPSA) is 35.0 Å². The minimum Gasteiger partial charge on any atom is -0.417 e. The predicted octanol–water partition coefficient (Wildman–Crippen LogP) is 1.97. The van der Waals surface area contributed by atoms with Crippen molar-refractivity contribution in [2.24, 2.45) is 0 Å². The lowest BCUT2D eigenvalue weighted by atomic mass is 10.4. The SMILES string of the molecule is FC(F)Oc1cc(CBr)ncn1. The number of rotatable bonds is 3. The zero-order chi connectivity index (χ0) is 8.97. The molecule has 0 saturated carbocycles. The maximum Gasteiger partial charge on any atom is 0.388 e. The molecule has 3 nitrogen and oxygen atoms in total. The maximum atomic E-state index is 11.7. The molecule has 0 aliphatic heterocycles. The lowest BCUT2D eigenvalue weighted by Gasteiger charge is -2.02. The van der Waals surface area contributed by atoms with Crippen LogP contribution in [0, 0.1) is 0 Å². The van der Waals surface area contributed by atoms with Crippen molar-refractivity contribution in [3.63, 3.8) is 0 Å². The van der Waals surface area contributed by atoms with Gasteiger partial charge in [-0.25, -0.2) is 9.97 Å². The average molecular weight is 239 g/mol. The predicted molar refractivity (Wildman–Crippen MR) is 41.3 cm³/mol. The summed E-state index contributed by atoms with van der Waals surface area (Å²) < 4.78 is 27.4. The Labute approximate surface area is 75.9 Å². The molecule has 1 rings (SSSR count). The zero-order valence-electron chi connectivity index (χ0n) is 5.88. The van der Waals surface area contributed by atoms with Crippen LogP contribution in [-0.4, -0.2) is 16.6 Å². The quantitative estimate of drug-likeness (QED) is 0.756. The molecule has 0 aliphatic carbocycles. The first-order valence-corrected chi connectivity index (χ1v) is 4.16. The highest BCUT2D eigenvalue weighted by atomic mass is 79.9. The fraction of sp³-hybridized carbons (Fsp3) is 0.333. The first kappa shape index (κ1) is 9.31. The fourth-order valence-electron chi connectivity index (χ4n) is 0.606. The van der Waals surface area contributed by atoms with Gasteiger partial charge in [-0.3, -0.25) is 0 Å². The number of aromatic nitrogens is 2. The lowest BCUT2D eigenvalue weighted by molar-refractivity contribution is -0.0529. The standard InChI is InChI=1S/C6H5BrF2N2O/c7-2-4-1-5(11-3-10-4)12-6(8)9/h1,3,6H,2H2. The molecule has 0 bridgehead atoms. The summed E-state index contributed by atoms with van der Waals surface area (Å²) in [5.41, 5.74) is 0.598. The lowest BCUT2D eigenvalue weighted by Crippen LogP contribution is -2.04. The molecule has 1 aromatic heterocycles. The van der Waals surface area contributed by atoms with E-state index in [1.165, 1.54) is 12.4 Å². The summed E-state index contributed by atoms with van der Waals surface area (Å²) in [5.74, 6) is -0.116. The molecule has 0 saturated heterocycles. The van der Waals surface area contributed by atoms with E-state index < -0.39 is 6.61 Å². The minimum atomic E-state index is -2.84. The Hall–Kier alpha value is -0.780. The highest BCUT2D eigenvalue weighted by Crippen LogP contribution is 2.11. The molecule has 66 valence electrons. The van der Waals surface area contributed by atoms with E-state index in [9.17, 15) is 8.78 Å². The van der Waals surface area contributed by atoms with E-state index in [2.05, 4.69) is 30.6 Å². The summed E-state index contributed by atoms with van der Waals surface area (Å²) in [7, 11) is 0. The Morgan fingerprint density at radius 1 is 1.50 bits per heavy atom. The maximum absolute atomic E-state index is 11.7. The molecule has 0 aromatic carbocycles. The summed E-state index contributed by atoms with van der Waals surface area (Å²) in [6, 6.07) is 1.35. The average Bonchev–Trinajstić information content (AvgIpc) is 2.03. The van der Waals surface area contributed by atoms with Gasteiger partial charge in [0.05, 0.1) is 5.69 Å². The summed E-state index contributed by atoms with van der Waals surface area (Å²) in [6.07, 6.45) is 1.17. The highest BCUT2D eigenvalue weighted by Gasteiger charge is 2.05. The van der Waals surface area contributed by atoms with Crippen molar-refractivity contribution in [2.75, 3.05) is 0 Å². The number of alkyl halides is 3. The van der Waals surface area contributed by atoms with E-state index in [1.807, 2.05) is 0 Å². The number of hydrogen-bond donors (Lipinski definition) is 0. The first-order chi connectivity index (χ1) is 5.72. The third-order valence-corrected chi connectivity index (χ3v) is 1.62. The van der Waals surface area contributed by atoms with E-state index in [-0.39, 0.29) is 5.88 Å². The van der Waals surface area contributed by atoms with Crippen LogP contribution in [0.2, 0.25) is 0 Å². The smallest absolute Gasteiger partial charge is 0.388 e. The Balaban J connectivity index is 2.72. The van der Waals surface area contributed by atoms with Gasteiger partial charge < -0.3 is 4.74 Å². The van der Waals surface area contributed by atoms with Crippen LogP contribution in [0.15, 0.2) is 12.4 Å². The van der Waals surface area contributed by atoms with Crippen LogP contribution in [0.4, 0.5) is 8.78 Å². The first-order valence-electron chi connectivity index (χ1n) is 3.04. The van der Waals surface area contributed by atoms with E-state index in [4.69, 9.17) is 0 Å². The third-order valence-electron chi connectivity index (χ3n) is 1.05. The van der Waals surface area contributed by atoms with Gasteiger partial charge in [0.25, 0.3) is 0 Å². The van der Waals surface area contributed by atoms with Crippen molar-refractivity contribution in [2.45, 2.75) is 11.9 Å². The van der Waals surface area contributed by atoms with Crippen molar-refractivity contribution < 1.29 is 13.5 Å². The van der Waals surface area contributed by atoms with Gasteiger partial charge in [0.15, 0.2) is 0 Å². The Bertz CT molecular complexity index is 259. The van der Waals surface area contributed by atoms with Crippen molar-refractivity contribution >= 4 is 15.9 Å². The van der Waals surface area contributed by atoms with Gasteiger partial charge >= 0.3 is 6.61 Å². The number of hydrogen-bond acceptors (Lipinski definition) is 3. The molecular formula is C6H5BrF2N2O. The van der Waals surface area contributed by atoms with Crippen LogP contribution in [0.25, 0.3) is 0 Å². The molecule has 0 fully saturated rings. The molecule has 0 radical (unpaired) electrons. The van der Waals surface area contributed by atoms with Gasteiger partial charge in [0.2, 0.25) is 5.88 Å². The van der Waals surface area contributed by atoms with E-state index in [0.717, 1.165) is 0 Å². The Morgan fingerprint density at radius 3 is 2.83 bits per heavy atom. The van der Waals surface area contributed by atoms with Gasteiger partial charge in [-0.2, -0.15) is 8.78 Å².